The predicted molar refractivity (Wildman–Crippen MR) is 88.6 cm³/mol. The lowest BCUT2D eigenvalue weighted by Gasteiger charge is -2.25. The van der Waals surface area contributed by atoms with Crippen LogP contribution in [-0.4, -0.2) is 30.5 Å². The SMILES string of the molecule is O=C(/C=C/c1cccc(OCC2CCC2)c1)N1CC=CCC1. The fourth-order valence-electron chi connectivity index (χ4n) is 2.70. The number of benzene rings is 1. The Bertz CT molecular complexity index is 573. The minimum atomic E-state index is 0.0742. The Kier molecular flexibility index (Phi) is 4.94. The third kappa shape index (κ3) is 4.00. The molecule has 1 aromatic rings. The summed E-state index contributed by atoms with van der Waals surface area (Å²) < 4.78 is 5.84. The average Bonchev–Trinajstić information content (AvgIpc) is 2.52. The Morgan fingerprint density at radius 2 is 2.23 bits per heavy atom. The minimum Gasteiger partial charge on any atom is -0.493 e. The second-order valence-electron chi connectivity index (χ2n) is 6.06. The van der Waals surface area contributed by atoms with Crippen molar-refractivity contribution in [3.63, 3.8) is 0 Å². The van der Waals surface area contributed by atoms with Crippen LogP contribution < -0.4 is 4.74 Å². The fourth-order valence-corrected chi connectivity index (χ4v) is 2.70. The van der Waals surface area contributed by atoms with Crippen LogP contribution >= 0.6 is 0 Å². The van der Waals surface area contributed by atoms with Gasteiger partial charge in [0.25, 0.3) is 0 Å². The number of carbonyl (C=O) groups excluding carboxylic acids is 1. The molecule has 0 aromatic heterocycles. The molecule has 0 N–H and O–H groups in total. The van der Waals surface area contributed by atoms with Gasteiger partial charge in [-0.1, -0.05) is 30.7 Å². The lowest BCUT2D eigenvalue weighted by Crippen LogP contribution is -2.32. The maximum atomic E-state index is 12.1. The molecule has 1 amide bonds. The van der Waals surface area contributed by atoms with E-state index in [0.717, 1.165) is 36.8 Å². The molecular formula is C19H23NO2. The van der Waals surface area contributed by atoms with Gasteiger partial charge in [-0.05, 0) is 49.0 Å². The van der Waals surface area contributed by atoms with Gasteiger partial charge in [-0.3, -0.25) is 4.79 Å². The molecular weight excluding hydrogens is 274 g/mol. The van der Waals surface area contributed by atoms with E-state index < -0.39 is 0 Å². The van der Waals surface area contributed by atoms with Gasteiger partial charge in [-0.2, -0.15) is 0 Å². The van der Waals surface area contributed by atoms with E-state index in [2.05, 4.69) is 6.08 Å². The smallest absolute Gasteiger partial charge is 0.246 e. The zero-order valence-corrected chi connectivity index (χ0v) is 12.9. The van der Waals surface area contributed by atoms with E-state index in [-0.39, 0.29) is 5.91 Å². The Balaban J connectivity index is 1.55. The van der Waals surface area contributed by atoms with Crippen LogP contribution in [0.15, 0.2) is 42.5 Å². The van der Waals surface area contributed by atoms with Gasteiger partial charge >= 0.3 is 0 Å². The Morgan fingerprint density at radius 3 is 2.95 bits per heavy atom. The first-order valence-corrected chi connectivity index (χ1v) is 8.16. The molecule has 3 heteroatoms. The van der Waals surface area contributed by atoms with Gasteiger partial charge < -0.3 is 9.64 Å². The van der Waals surface area contributed by atoms with E-state index in [1.807, 2.05) is 41.3 Å². The molecule has 1 fully saturated rings. The van der Waals surface area contributed by atoms with Crippen molar-refractivity contribution in [1.29, 1.82) is 0 Å². The highest BCUT2D eigenvalue weighted by atomic mass is 16.5. The lowest BCUT2D eigenvalue weighted by atomic mass is 9.86. The van der Waals surface area contributed by atoms with Crippen LogP contribution in [0, 0.1) is 5.92 Å². The molecule has 22 heavy (non-hydrogen) atoms. The molecule has 1 saturated carbocycles. The highest BCUT2D eigenvalue weighted by molar-refractivity contribution is 5.92. The summed E-state index contributed by atoms with van der Waals surface area (Å²) in [5.74, 6) is 1.69. The van der Waals surface area contributed by atoms with E-state index in [1.54, 1.807) is 6.08 Å². The molecule has 0 bridgehead atoms. The number of amides is 1. The lowest BCUT2D eigenvalue weighted by molar-refractivity contribution is -0.125. The normalized spacial score (nSPS) is 18.5. The zero-order chi connectivity index (χ0) is 15.2. The molecule has 1 aliphatic carbocycles. The van der Waals surface area contributed by atoms with E-state index in [4.69, 9.17) is 4.74 Å². The van der Waals surface area contributed by atoms with Gasteiger partial charge in [0.2, 0.25) is 5.91 Å². The van der Waals surface area contributed by atoms with Crippen LogP contribution in [0.2, 0.25) is 0 Å². The van der Waals surface area contributed by atoms with Crippen LogP contribution in [0.25, 0.3) is 6.08 Å². The first-order valence-electron chi connectivity index (χ1n) is 8.16. The maximum absolute atomic E-state index is 12.1. The van der Waals surface area contributed by atoms with Crippen molar-refractivity contribution in [3.05, 3.63) is 48.1 Å². The summed E-state index contributed by atoms with van der Waals surface area (Å²) >= 11 is 0. The molecule has 2 aliphatic rings. The summed E-state index contributed by atoms with van der Waals surface area (Å²) in [5.41, 5.74) is 1.01. The Labute approximate surface area is 132 Å². The third-order valence-corrected chi connectivity index (χ3v) is 4.36. The molecule has 0 radical (unpaired) electrons. The third-order valence-electron chi connectivity index (χ3n) is 4.36. The average molecular weight is 297 g/mol. The predicted octanol–water partition coefficient (Wildman–Crippen LogP) is 3.67. The van der Waals surface area contributed by atoms with Gasteiger partial charge in [-0.15, -0.1) is 0 Å². The molecule has 3 rings (SSSR count). The number of ether oxygens (including phenoxy) is 1. The topological polar surface area (TPSA) is 29.5 Å². The summed E-state index contributed by atoms with van der Waals surface area (Å²) in [6.07, 6.45) is 12.6. The minimum absolute atomic E-state index is 0.0742. The number of hydrogen-bond donors (Lipinski definition) is 0. The first kappa shape index (κ1) is 14.9. The molecule has 1 aliphatic heterocycles. The van der Waals surface area contributed by atoms with E-state index in [0.29, 0.717) is 6.54 Å². The Hall–Kier alpha value is -2.03. The maximum Gasteiger partial charge on any atom is 0.246 e. The van der Waals surface area contributed by atoms with Gasteiger partial charge in [0.05, 0.1) is 6.61 Å². The van der Waals surface area contributed by atoms with Crippen molar-refractivity contribution >= 4 is 12.0 Å². The monoisotopic (exact) mass is 297 g/mol. The largest absolute Gasteiger partial charge is 0.493 e. The van der Waals surface area contributed by atoms with Crippen molar-refractivity contribution in [1.82, 2.24) is 4.90 Å². The van der Waals surface area contributed by atoms with Crippen LogP contribution in [0.1, 0.15) is 31.2 Å². The van der Waals surface area contributed by atoms with Gasteiger partial charge in [-0.25, -0.2) is 0 Å². The van der Waals surface area contributed by atoms with Gasteiger partial charge in [0.1, 0.15) is 5.75 Å². The molecule has 0 atom stereocenters. The van der Waals surface area contributed by atoms with Crippen LogP contribution in [0.3, 0.4) is 0 Å². The summed E-state index contributed by atoms with van der Waals surface area (Å²) in [5, 5.41) is 0. The summed E-state index contributed by atoms with van der Waals surface area (Å²) in [7, 11) is 0. The van der Waals surface area contributed by atoms with Crippen molar-refractivity contribution in [2.75, 3.05) is 19.7 Å². The Morgan fingerprint density at radius 1 is 1.32 bits per heavy atom. The van der Waals surface area contributed by atoms with Crippen LogP contribution in [0.4, 0.5) is 0 Å². The molecule has 1 aromatic carbocycles. The second kappa shape index (κ2) is 7.30. The molecule has 0 spiro atoms. The van der Waals surface area contributed by atoms with Crippen molar-refractivity contribution in [3.8, 4) is 5.75 Å². The fraction of sp³-hybridized carbons (Fsp3) is 0.421. The summed E-state index contributed by atoms with van der Waals surface area (Å²) in [6, 6.07) is 7.95. The van der Waals surface area contributed by atoms with Gasteiger partial charge in [0.15, 0.2) is 0 Å². The number of hydrogen-bond acceptors (Lipinski definition) is 2. The molecule has 1 heterocycles. The van der Waals surface area contributed by atoms with Crippen molar-refractivity contribution in [2.24, 2.45) is 5.92 Å². The highest BCUT2D eigenvalue weighted by Crippen LogP contribution is 2.27. The van der Waals surface area contributed by atoms with Crippen molar-refractivity contribution in [2.45, 2.75) is 25.7 Å². The van der Waals surface area contributed by atoms with E-state index in [9.17, 15) is 4.79 Å². The van der Waals surface area contributed by atoms with Crippen LogP contribution in [0.5, 0.6) is 5.75 Å². The van der Waals surface area contributed by atoms with Crippen LogP contribution in [-0.2, 0) is 4.79 Å². The standard InChI is InChI=1S/C19H23NO2/c21-19(20-12-2-1-3-13-20)11-10-16-6-5-9-18(14-16)22-15-17-7-4-8-17/h1-2,5-6,9-11,14,17H,3-4,7-8,12-13,15H2/b11-10+. The van der Waals surface area contributed by atoms with Gasteiger partial charge in [0, 0.05) is 19.2 Å². The molecule has 0 saturated heterocycles. The number of nitrogens with zero attached hydrogens (tertiary/aromatic N) is 1. The number of carbonyl (C=O) groups is 1. The quantitative estimate of drug-likeness (QED) is 0.613. The highest BCUT2D eigenvalue weighted by Gasteiger charge is 2.17. The van der Waals surface area contributed by atoms with E-state index in [1.165, 1.54) is 19.3 Å². The summed E-state index contributed by atoms with van der Waals surface area (Å²) in [4.78, 5) is 13.9. The van der Waals surface area contributed by atoms with Crippen molar-refractivity contribution < 1.29 is 9.53 Å². The molecule has 116 valence electrons. The summed E-state index contributed by atoms with van der Waals surface area (Å²) in [6.45, 7) is 2.34. The zero-order valence-electron chi connectivity index (χ0n) is 12.9. The first-order chi connectivity index (χ1) is 10.8. The van der Waals surface area contributed by atoms with E-state index >= 15 is 0 Å². The number of rotatable bonds is 5. The molecule has 0 unspecified atom stereocenters. The second-order valence-corrected chi connectivity index (χ2v) is 6.06. The molecule has 3 nitrogen and oxygen atoms in total.